The Morgan fingerprint density at radius 2 is 1.76 bits per heavy atom. The van der Waals surface area contributed by atoms with E-state index in [1.165, 1.54) is 0 Å². The number of carbonyl (C=O) groups excluding carboxylic acids is 3. The van der Waals surface area contributed by atoms with Crippen LogP contribution in [0.1, 0.15) is 49.4 Å². The van der Waals surface area contributed by atoms with E-state index in [2.05, 4.69) is 10.6 Å². The fourth-order valence-electron chi connectivity index (χ4n) is 2.97. The van der Waals surface area contributed by atoms with E-state index in [4.69, 9.17) is 0 Å². The maximum atomic E-state index is 12.0. The lowest BCUT2D eigenvalue weighted by molar-refractivity contribution is -0.122. The second kappa shape index (κ2) is 9.81. The third-order valence-corrected chi connectivity index (χ3v) is 4.38. The van der Waals surface area contributed by atoms with E-state index >= 15 is 0 Å². The minimum absolute atomic E-state index is 0.0164. The molecule has 1 heterocycles. The van der Waals surface area contributed by atoms with Crippen molar-refractivity contribution in [3.05, 3.63) is 35.9 Å². The first kappa shape index (κ1) is 19.0. The summed E-state index contributed by atoms with van der Waals surface area (Å²) in [5.74, 6) is 0.0565. The highest BCUT2D eigenvalue weighted by Crippen LogP contribution is 2.11. The number of nitrogens with zero attached hydrogens (tertiary/aromatic N) is 1. The van der Waals surface area contributed by atoms with Gasteiger partial charge < -0.3 is 15.5 Å². The summed E-state index contributed by atoms with van der Waals surface area (Å²) in [5, 5.41) is 5.81. The number of carbonyl (C=O) groups is 3. The summed E-state index contributed by atoms with van der Waals surface area (Å²) in [7, 11) is 0. The molecule has 1 aliphatic rings. The quantitative estimate of drug-likeness (QED) is 0.745. The zero-order valence-corrected chi connectivity index (χ0v) is 14.8. The molecule has 6 nitrogen and oxygen atoms in total. The third-order valence-electron chi connectivity index (χ3n) is 4.38. The smallest absolute Gasteiger partial charge is 0.317 e. The Labute approximate surface area is 149 Å². The Morgan fingerprint density at radius 3 is 2.40 bits per heavy atom. The molecular formula is C19H27N3O3. The first-order valence-corrected chi connectivity index (χ1v) is 9.00. The fraction of sp³-hybridized carbons (Fsp3) is 0.526. The number of piperidine rings is 1. The second-order valence-electron chi connectivity index (χ2n) is 6.31. The van der Waals surface area contributed by atoms with E-state index in [9.17, 15) is 14.4 Å². The SMILES string of the molecule is CCNC(=O)N1CCC(NC(=O)CCCC(=O)c2ccccc2)CC1. The Kier molecular flexibility index (Phi) is 7.44. The predicted molar refractivity (Wildman–Crippen MR) is 96.4 cm³/mol. The molecule has 0 radical (unpaired) electrons. The molecule has 0 spiro atoms. The van der Waals surface area contributed by atoms with Crippen molar-refractivity contribution in [2.24, 2.45) is 0 Å². The van der Waals surface area contributed by atoms with Crippen molar-refractivity contribution in [3.8, 4) is 0 Å². The average Bonchev–Trinajstić information content (AvgIpc) is 2.63. The van der Waals surface area contributed by atoms with Gasteiger partial charge in [0.1, 0.15) is 0 Å². The number of benzene rings is 1. The van der Waals surface area contributed by atoms with Crippen LogP contribution in [0.25, 0.3) is 0 Å². The van der Waals surface area contributed by atoms with Gasteiger partial charge in [0.25, 0.3) is 0 Å². The van der Waals surface area contributed by atoms with Gasteiger partial charge in [-0.05, 0) is 26.2 Å². The molecular weight excluding hydrogens is 318 g/mol. The van der Waals surface area contributed by atoms with Gasteiger partial charge in [0.05, 0.1) is 0 Å². The summed E-state index contributed by atoms with van der Waals surface area (Å²) in [5.41, 5.74) is 0.695. The number of hydrogen-bond donors (Lipinski definition) is 2. The maximum absolute atomic E-state index is 12.0. The number of amides is 3. The van der Waals surface area contributed by atoms with E-state index in [1.807, 2.05) is 25.1 Å². The monoisotopic (exact) mass is 345 g/mol. The van der Waals surface area contributed by atoms with Gasteiger partial charge in [-0.25, -0.2) is 4.79 Å². The first-order valence-electron chi connectivity index (χ1n) is 9.00. The largest absolute Gasteiger partial charge is 0.353 e. The minimum Gasteiger partial charge on any atom is -0.353 e. The summed E-state index contributed by atoms with van der Waals surface area (Å²) in [6.45, 7) is 3.83. The van der Waals surface area contributed by atoms with Crippen LogP contribution in [0.4, 0.5) is 4.79 Å². The van der Waals surface area contributed by atoms with Gasteiger partial charge in [-0.2, -0.15) is 0 Å². The molecule has 1 fully saturated rings. The molecule has 25 heavy (non-hydrogen) atoms. The molecule has 0 aliphatic carbocycles. The molecule has 1 saturated heterocycles. The predicted octanol–water partition coefficient (Wildman–Crippen LogP) is 2.35. The lowest BCUT2D eigenvalue weighted by Gasteiger charge is -2.32. The molecule has 0 aromatic heterocycles. The van der Waals surface area contributed by atoms with Crippen molar-refractivity contribution >= 4 is 17.7 Å². The normalized spacial score (nSPS) is 14.8. The molecule has 1 aliphatic heterocycles. The van der Waals surface area contributed by atoms with E-state index in [0.717, 1.165) is 12.8 Å². The maximum Gasteiger partial charge on any atom is 0.317 e. The van der Waals surface area contributed by atoms with Gasteiger partial charge in [-0.15, -0.1) is 0 Å². The average molecular weight is 345 g/mol. The highest BCUT2D eigenvalue weighted by Gasteiger charge is 2.23. The first-order chi connectivity index (χ1) is 12.1. The summed E-state index contributed by atoms with van der Waals surface area (Å²) < 4.78 is 0. The van der Waals surface area contributed by atoms with Gasteiger partial charge in [-0.3, -0.25) is 9.59 Å². The molecule has 1 aromatic carbocycles. The van der Waals surface area contributed by atoms with Crippen molar-refractivity contribution in [2.75, 3.05) is 19.6 Å². The zero-order chi connectivity index (χ0) is 18.1. The molecule has 136 valence electrons. The van der Waals surface area contributed by atoms with Gasteiger partial charge in [0.2, 0.25) is 5.91 Å². The van der Waals surface area contributed by atoms with Gasteiger partial charge in [0.15, 0.2) is 5.78 Å². The molecule has 0 bridgehead atoms. The number of rotatable bonds is 7. The number of ketones is 1. The van der Waals surface area contributed by atoms with Crippen LogP contribution in [0, 0.1) is 0 Å². The Hall–Kier alpha value is -2.37. The summed E-state index contributed by atoms with van der Waals surface area (Å²) in [6.07, 6.45) is 2.83. The topological polar surface area (TPSA) is 78.5 Å². The number of urea groups is 1. The standard InChI is InChI=1S/C19H27N3O3/c1-2-20-19(25)22-13-11-16(12-14-22)21-18(24)10-6-9-17(23)15-7-4-3-5-8-15/h3-5,7-8,16H,2,6,9-14H2,1H3,(H,20,25)(H,21,24). The summed E-state index contributed by atoms with van der Waals surface area (Å²) >= 11 is 0. The van der Waals surface area contributed by atoms with E-state index in [0.29, 0.717) is 44.5 Å². The van der Waals surface area contributed by atoms with Crippen LogP contribution in [0.3, 0.4) is 0 Å². The van der Waals surface area contributed by atoms with Crippen molar-refractivity contribution in [1.82, 2.24) is 15.5 Å². The van der Waals surface area contributed by atoms with Crippen LogP contribution in [0.5, 0.6) is 0 Å². The second-order valence-corrected chi connectivity index (χ2v) is 6.31. The summed E-state index contributed by atoms with van der Waals surface area (Å²) in [6, 6.07) is 9.23. The molecule has 2 N–H and O–H groups in total. The molecule has 0 saturated carbocycles. The molecule has 2 rings (SSSR count). The number of nitrogens with one attached hydrogen (secondary N) is 2. The lowest BCUT2D eigenvalue weighted by atomic mass is 10.0. The molecule has 0 atom stereocenters. The zero-order valence-electron chi connectivity index (χ0n) is 14.8. The Balaban J connectivity index is 1.63. The van der Waals surface area contributed by atoms with Gasteiger partial charge in [-0.1, -0.05) is 30.3 Å². The molecule has 1 aromatic rings. The van der Waals surface area contributed by atoms with Crippen LogP contribution in [-0.2, 0) is 4.79 Å². The Bertz CT molecular complexity index is 581. The number of likely N-dealkylation sites (tertiary alicyclic amines) is 1. The van der Waals surface area contributed by atoms with E-state index in [1.54, 1.807) is 17.0 Å². The van der Waals surface area contributed by atoms with Crippen LogP contribution >= 0.6 is 0 Å². The van der Waals surface area contributed by atoms with Gasteiger partial charge in [0, 0.05) is 44.1 Å². The number of hydrogen-bond acceptors (Lipinski definition) is 3. The van der Waals surface area contributed by atoms with Crippen LogP contribution in [0.2, 0.25) is 0 Å². The third kappa shape index (κ3) is 6.21. The van der Waals surface area contributed by atoms with Crippen LogP contribution in [0.15, 0.2) is 30.3 Å². The van der Waals surface area contributed by atoms with Crippen molar-refractivity contribution in [1.29, 1.82) is 0 Å². The summed E-state index contributed by atoms with van der Waals surface area (Å²) in [4.78, 5) is 37.6. The fourth-order valence-corrected chi connectivity index (χ4v) is 2.97. The Morgan fingerprint density at radius 1 is 1.08 bits per heavy atom. The number of Topliss-reactive ketones (excluding diaryl/α,β-unsaturated/α-hetero) is 1. The highest BCUT2D eigenvalue weighted by atomic mass is 16.2. The van der Waals surface area contributed by atoms with E-state index < -0.39 is 0 Å². The van der Waals surface area contributed by atoms with Crippen molar-refractivity contribution < 1.29 is 14.4 Å². The van der Waals surface area contributed by atoms with Crippen molar-refractivity contribution in [3.63, 3.8) is 0 Å². The molecule has 3 amide bonds. The highest BCUT2D eigenvalue weighted by molar-refractivity contribution is 5.96. The lowest BCUT2D eigenvalue weighted by Crippen LogP contribution is -2.49. The minimum atomic E-state index is -0.0355. The van der Waals surface area contributed by atoms with Crippen molar-refractivity contribution in [2.45, 2.75) is 45.1 Å². The van der Waals surface area contributed by atoms with Crippen LogP contribution in [-0.4, -0.2) is 48.3 Å². The molecule has 0 unspecified atom stereocenters. The van der Waals surface area contributed by atoms with E-state index in [-0.39, 0.29) is 23.8 Å². The van der Waals surface area contributed by atoms with Gasteiger partial charge >= 0.3 is 6.03 Å². The van der Waals surface area contributed by atoms with Crippen LogP contribution < -0.4 is 10.6 Å². The molecule has 6 heteroatoms.